The van der Waals surface area contributed by atoms with Crippen LogP contribution >= 0.6 is 31.9 Å². The van der Waals surface area contributed by atoms with Gasteiger partial charge in [-0.1, -0.05) is 45.7 Å². The fourth-order valence-electron chi connectivity index (χ4n) is 4.34. The van der Waals surface area contributed by atoms with E-state index >= 15 is 0 Å². The molecule has 5 nitrogen and oxygen atoms in total. The van der Waals surface area contributed by atoms with Crippen LogP contribution in [-0.2, 0) is 14.4 Å². The fourth-order valence-corrected chi connectivity index (χ4v) is 6.21. The zero-order valence-electron chi connectivity index (χ0n) is 11.7. The molecule has 21 heavy (non-hydrogen) atoms. The van der Waals surface area contributed by atoms with Crippen molar-refractivity contribution in [1.29, 1.82) is 0 Å². The maximum Gasteiger partial charge on any atom is 0.327 e. The van der Waals surface area contributed by atoms with Crippen LogP contribution in [0.3, 0.4) is 0 Å². The van der Waals surface area contributed by atoms with Crippen molar-refractivity contribution < 1.29 is 19.5 Å². The Morgan fingerprint density at radius 1 is 1.14 bits per heavy atom. The molecule has 0 unspecified atom stereocenters. The third kappa shape index (κ3) is 1.96. The minimum atomic E-state index is -1.11. The second-order valence-electron chi connectivity index (χ2n) is 6.58. The maximum absolute atomic E-state index is 12.7. The molecule has 116 valence electrons. The Hall–Kier alpha value is -0.430. The summed E-state index contributed by atoms with van der Waals surface area (Å²) in [7, 11) is 0. The van der Waals surface area contributed by atoms with Crippen LogP contribution in [-0.4, -0.2) is 43.5 Å². The number of carbonyl (C=O) groups is 3. The summed E-state index contributed by atoms with van der Waals surface area (Å²) in [6.45, 7) is 3.45. The first-order chi connectivity index (χ1) is 9.77. The lowest BCUT2D eigenvalue weighted by molar-refractivity contribution is -0.157. The quantitative estimate of drug-likeness (QED) is 0.556. The molecule has 1 N–H and O–H groups in total. The molecule has 1 heterocycles. The highest BCUT2D eigenvalue weighted by Crippen LogP contribution is 2.60. The molecule has 7 heteroatoms. The van der Waals surface area contributed by atoms with Gasteiger partial charge in [-0.05, 0) is 24.2 Å². The molecule has 2 aliphatic carbocycles. The molecule has 0 aromatic carbocycles. The molecule has 0 aromatic heterocycles. The number of carboxylic acid groups (broad SMARTS) is 1. The van der Waals surface area contributed by atoms with E-state index in [0.29, 0.717) is 0 Å². The summed E-state index contributed by atoms with van der Waals surface area (Å²) < 4.78 is 0. The molecule has 2 saturated carbocycles. The Kier molecular flexibility index (Phi) is 3.72. The maximum atomic E-state index is 12.7. The number of likely N-dealkylation sites (tertiary alicyclic amines) is 1. The van der Waals surface area contributed by atoms with E-state index in [0.717, 1.165) is 11.3 Å². The molecule has 1 saturated heterocycles. The standard InChI is InChI=1S/C14H17Br2NO4/c1-4(2)11(14(20)21)17-12(18)7-5-3-6(8(7)13(17)19)10(16)9(5)15/h4-11H,3H2,1-2H3,(H,20,21)/t5-,6-,7-,8-,9-,10+,11-/m0/s1. The van der Waals surface area contributed by atoms with E-state index in [4.69, 9.17) is 0 Å². The second kappa shape index (κ2) is 5.05. The van der Waals surface area contributed by atoms with Gasteiger partial charge >= 0.3 is 5.97 Å². The average Bonchev–Trinajstić information content (AvgIpc) is 2.98. The van der Waals surface area contributed by atoms with Crippen molar-refractivity contribution in [2.75, 3.05) is 0 Å². The normalized spacial score (nSPS) is 42.8. The molecular weight excluding hydrogens is 406 g/mol. The van der Waals surface area contributed by atoms with Crippen LogP contribution in [0.1, 0.15) is 20.3 Å². The van der Waals surface area contributed by atoms with Crippen molar-refractivity contribution in [3.63, 3.8) is 0 Å². The van der Waals surface area contributed by atoms with Crippen LogP contribution in [0.5, 0.6) is 0 Å². The van der Waals surface area contributed by atoms with Crippen LogP contribution in [0, 0.1) is 29.6 Å². The van der Waals surface area contributed by atoms with Crippen molar-refractivity contribution in [2.24, 2.45) is 29.6 Å². The number of halogens is 2. The van der Waals surface area contributed by atoms with E-state index in [1.165, 1.54) is 0 Å². The number of hydrogen-bond donors (Lipinski definition) is 1. The van der Waals surface area contributed by atoms with Gasteiger partial charge in [0.05, 0.1) is 11.8 Å². The van der Waals surface area contributed by atoms with E-state index in [9.17, 15) is 19.5 Å². The topological polar surface area (TPSA) is 74.7 Å². The highest BCUT2D eigenvalue weighted by Gasteiger charge is 2.67. The average molecular weight is 423 g/mol. The van der Waals surface area contributed by atoms with Crippen molar-refractivity contribution in [2.45, 2.75) is 36.0 Å². The van der Waals surface area contributed by atoms with Crippen LogP contribution in [0.15, 0.2) is 0 Å². The zero-order chi connectivity index (χ0) is 15.6. The van der Waals surface area contributed by atoms with Crippen molar-refractivity contribution in [3.8, 4) is 0 Å². The Morgan fingerprint density at radius 3 is 1.90 bits per heavy atom. The largest absolute Gasteiger partial charge is 0.480 e. The highest BCUT2D eigenvalue weighted by molar-refractivity contribution is 9.12. The molecule has 3 fully saturated rings. The molecule has 3 aliphatic rings. The molecule has 3 rings (SSSR count). The number of alkyl halides is 2. The van der Waals surface area contributed by atoms with Gasteiger partial charge < -0.3 is 5.11 Å². The molecule has 0 radical (unpaired) electrons. The van der Waals surface area contributed by atoms with Crippen LogP contribution in [0.25, 0.3) is 0 Å². The third-order valence-electron chi connectivity index (χ3n) is 5.18. The number of carboxylic acids is 1. The van der Waals surface area contributed by atoms with Gasteiger partial charge in [-0.2, -0.15) is 0 Å². The predicted octanol–water partition coefficient (Wildman–Crippen LogP) is 1.87. The summed E-state index contributed by atoms with van der Waals surface area (Å²) in [4.78, 5) is 38.2. The lowest BCUT2D eigenvalue weighted by Gasteiger charge is -2.28. The van der Waals surface area contributed by atoms with Gasteiger partial charge in [0.15, 0.2) is 0 Å². The van der Waals surface area contributed by atoms with Crippen LogP contribution in [0.4, 0.5) is 0 Å². The van der Waals surface area contributed by atoms with E-state index in [1.54, 1.807) is 13.8 Å². The van der Waals surface area contributed by atoms with Gasteiger partial charge in [-0.3, -0.25) is 14.5 Å². The number of carbonyl (C=O) groups excluding carboxylic acids is 2. The minimum Gasteiger partial charge on any atom is -0.480 e. The van der Waals surface area contributed by atoms with Crippen LogP contribution in [0.2, 0.25) is 0 Å². The summed E-state index contributed by atoms with van der Waals surface area (Å²) in [5, 5.41) is 9.39. The first-order valence-corrected chi connectivity index (χ1v) is 8.98. The van der Waals surface area contributed by atoms with Gasteiger partial charge in [0.2, 0.25) is 11.8 Å². The summed E-state index contributed by atoms with van der Waals surface area (Å²) in [5.41, 5.74) is 0. The second-order valence-corrected chi connectivity index (χ2v) is 8.69. The van der Waals surface area contributed by atoms with Crippen LogP contribution < -0.4 is 0 Å². The Labute approximate surface area is 139 Å². The van der Waals surface area contributed by atoms with E-state index < -0.39 is 12.0 Å². The fraction of sp³-hybridized carbons (Fsp3) is 0.786. The van der Waals surface area contributed by atoms with Gasteiger partial charge in [0.25, 0.3) is 0 Å². The number of imide groups is 1. The number of amides is 2. The number of fused-ring (bicyclic) bond motifs is 5. The smallest absolute Gasteiger partial charge is 0.327 e. The summed E-state index contributed by atoms with van der Waals surface area (Å²) in [5.74, 6) is -2.44. The predicted molar refractivity (Wildman–Crippen MR) is 82.1 cm³/mol. The minimum absolute atomic E-state index is 0.118. The summed E-state index contributed by atoms with van der Waals surface area (Å²) in [6.07, 6.45) is 0.853. The summed E-state index contributed by atoms with van der Waals surface area (Å²) in [6, 6.07) is -1.06. The summed E-state index contributed by atoms with van der Waals surface area (Å²) >= 11 is 7.23. The molecule has 2 amide bonds. The Bertz CT molecular complexity index is 491. The number of nitrogens with zero attached hydrogens (tertiary/aromatic N) is 1. The molecule has 7 atom stereocenters. The van der Waals surface area contributed by atoms with Gasteiger partial charge in [0, 0.05) is 9.65 Å². The molecular formula is C14H17Br2NO4. The zero-order valence-corrected chi connectivity index (χ0v) is 14.9. The first-order valence-electron chi connectivity index (χ1n) is 7.15. The number of rotatable bonds is 3. The van der Waals surface area contributed by atoms with E-state index in [2.05, 4.69) is 31.9 Å². The van der Waals surface area contributed by atoms with E-state index in [1.807, 2.05) is 0 Å². The molecule has 2 bridgehead atoms. The highest BCUT2D eigenvalue weighted by atomic mass is 79.9. The molecule has 0 spiro atoms. The Balaban J connectivity index is 1.96. The third-order valence-corrected chi connectivity index (χ3v) is 8.39. The van der Waals surface area contributed by atoms with Crippen molar-refractivity contribution in [1.82, 2.24) is 4.90 Å². The first kappa shape index (κ1) is 15.5. The van der Waals surface area contributed by atoms with Gasteiger partial charge in [-0.25, -0.2) is 4.79 Å². The SMILES string of the molecule is CC(C)[C@@H](C(=O)O)N1C(=O)[C@H]2[C@@H]3C[C@H]([C@@H](Br)[C@H]3Br)[C@@H]2C1=O. The molecule has 1 aliphatic heterocycles. The van der Waals surface area contributed by atoms with Gasteiger partial charge in [-0.15, -0.1) is 0 Å². The lowest BCUT2D eigenvalue weighted by Crippen LogP contribution is -2.49. The monoisotopic (exact) mass is 421 g/mol. The van der Waals surface area contributed by atoms with E-state index in [-0.39, 0.29) is 51.1 Å². The lowest BCUT2D eigenvalue weighted by atomic mass is 9.81. The molecule has 0 aromatic rings. The number of aliphatic carboxylic acids is 1. The Morgan fingerprint density at radius 2 is 1.57 bits per heavy atom. The number of hydrogen-bond acceptors (Lipinski definition) is 3. The van der Waals surface area contributed by atoms with Gasteiger partial charge in [0.1, 0.15) is 6.04 Å². The van der Waals surface area contributed by atoms with Crippen molar-refractivity contribution >= 4 is 49.6 Å². The van der Waals surface area contributed by atoms with Crippen molar-refractivity contribution in [3.05, 3.63) is 0 Å².